The third-order valence-corrected chi connectivity index (χ3v) is 1.47. The summed E-state index contributed by atoms with van der Waals surface area (Å²) in [7, 11) is 0. The quantitative estimate of drug-likeness (QED) is 0.314. The van der Waals surface area contributed by atoms with Crippen LogP contribution in [0, 0.1) is 0 Å². The van der Waals surface area contributed by atoms with E-state index in [1.165, 1.54) is 0 Å². The number of esters is 1. The van der Waals surface area contributed by atoms with Crippen LogP contribution in [-0.4, -0.2) is 11.9 Å². The molecule has 0 spiro atoms. The van der Waals surface area contributed by atoms with Gasteiger partial charge in [0.25, 0.3) is 0 Å². The van der Waals surface area contributed by atoms with Crippen LogP contribution in [0.2, 0.25) is 0 Å². The van der Waals surface area contributed by atoms with E-state index in [-0.39, 0.29) is 11.9 Å². The Bertz CT molecular complexity index is 271. The predicted molar refractivity (Wildman–Crippen MR) is 50.1 cm³/mol. The first kappa shape index (κ1) is 8.93. The van der Waals surface area contributed by atoms with Crippen LogP contribution in [0.15, 0.2) is 24.3 Å². The predicted octanol–water partition coefficient (Wildman–Crippen LogP) is 1.31. The Kier molecular flexibility index (Phi) is 2.99. The van der Waals surface area contributed by atoms with E-state index in [1.54, 1.807) is 24.3 Å². The van der Waals surface area contributed by atoms with Gasteiger partial charge in [-0.2, -0.15) is 0 Å². The van der Waals surface area contributed by atoms with Crippen LogP contribution >= 0.6 is 12.6 Å². The largest absolute Gasteiger partial charge is 0.451 e. The molecule has 1 rings (SSSR count). The number of thiol groups is 1. The molecule has 0 aromatic heterocycles. The fourth-order valence-electron chi connectivity index (χ4n) is 0.761. The Balaban J connectivity index is 2.75. The molecule has 0 saturated heterocycles. The standard InChI is InChI=1S/C8H9NO2S/c9-7-3-1-6(2-4-7)8(10)11-5-12/h1-4,12H,5,9H2. The van der Waals surface area contributed by atoms with Crippen LogP contribution in [0.5, 0.6) is 0 Å². The molecule has 0 radical (unpaired) electrons. The second kappa shape index (κ2) is 4.01. The lowest BCUT2D eigenvalue weighted by atomic mass is 10.2. The van der Waals surface area contributed by atoms with E-state index in [4.69, 9.17) is 5.73 Å². The summed E-state index contributed by atoms with van der Waals surface area (Å²) in [6.07, 6.45) is 0. The Morgan fingerprint density at radius 1 is 1.42 bits per heavy atom. The molecule has 0 fully saturated rings. The molecule has 0 unspecified atom stereocenters. The monoisotopic (exact) mass is 183 g/mol. The summed E-state index contributed by atoms with van der Waals surface area (Å²) < 4.78 is 4.65. The molecule has 0 atom stereocenters. The Morgan fingerprint density at radius 2 is 2.00 bits per heavy atom. The van der Waals surface area contributed by atoms with Gasteiger partial charge in [-0.05, 0) is 24.3 Å². The van der Waals surface area contributed by atoms with Crippen molar-refractivity contribution in [2.24, 2.45) is 0 Å². The van der Waals surface area contributed by atoms with E-state index in [2.05, 4.69) is 17.4 Å². The van der Waals surface area contributed by atoms with E-state index in [0.717, 1.165) is 0 Å². The summed E-state index contributed by atoms with van der Waals surface area (Å²) in [6.45, 7) is 0. The number of benzene rings is 1. The lowest BCUT2D eigenvalue weighted by molar-refractivity contribution is 0.0581. The third kappa shape index (κ3) is 2.17. The summed E-state index contributed by atoms with van der Waals surface area (Å²) in [4.78, 5) is 11.0. The molecule has 0 bridgehead atoms. The molecule has 12 heavy (non-hydrogen) atoms. The highest BCUT2D eigenvalue weighted by Crippen LogP contribution is 2.06. The minimum Gasteiger partial charge on any atom is -0.451 e. The Hall–Kier alpha value is -1.16. The summed E-state index contributed by atoms with van der Waals surface area (Å²) >= 11 is 3.76. The SMILES string of the molecule is Nc1ccc(C(=O)OCS)cc1. The second-order valence-corrected chi connectivity index (χ2v) is 2.44. The third-order valence-electron chi connectivity index (χ3n) is 1.34. The van der Waals surface area contributed by atoms with E-state index in [1.807, 2.05) is 0 Å². The molecule has 3 nitrogen and oxygen atoms in total. The number of nitrogen functional groups attached to an aromatic ring is 1. The number of rotatable bonds is 2. The van der Waals surface area contributed by atoms with Crippen molar-refractivity contribution in [3.8, 4) is 0 Å². The zero-order chi connectivity index (χ0) is 8.97. The molecule has 0 heterocycles. The van der Waals surface area contributed by atoms with Crippen LogP contribution in [0.25, 0.3) is 0 Å². The van der Waals surface area contributed by atoms with Crippen LogP contribution in [0.1, 0.15) is 10.4 Å². The second-order valence-electron chi connectivity index (χ2n) is 2.18. The van der Waals surface area contributed by atoms with Crippen LogP contribution < -0.4 is 5.73 Å². The number of carbonyl (C=O) groups is 1. The van der Waals surface area contributed by atoms with Crippen molar-refractivity contribution in [3.05, 3.63) is 29.8 Å². The van der Waals surface area contributed by atoms with E-state index >= 15 is 0 Å². The van der Waals surface area contributed by atoms with Gasteiger partial charge in [-0.25, -0.2) is 4.79 Å². The molecule has 64 valence electrons. The molecule has 4 heteroatoms. The van der Waals surface area contributed by atoms with E-state index in [0.29, 0.717) is 11.3 Å². The molecule has 1 aromatic carbocycles. The van der Waals surface area contributed by atoms with Crippen molar-refractivity contribution in [2.45, 2.75) is 0 Å². The fraction of sp³-hybridized carbons (Fsp3) is 0.125. The van der Waals surface area contributed by atoms with Crippen LogP contribution in [0.3, 0.4) is 0 Å². The van der Waals surface area contributed by atoms with Crippen molar-refractivity contribution >= 4 is 24.3 Å². The molecule has 1 aromatic rings. The highest BCUT2D eigenvalue weighted by atomic mass is 32.1. The molecule has 0 aliphatic heterocycles. The van der Waals surface area contributed by atoms with Gasteiger partial charge in [-0.15, -0.1) is 12.6 Å². The molecular weight excluding hydrogens is 174 g/mol. The van der Waals surface area contributed by atoms with E-state index < -0.39 is 0 Å². The molecule has 2 N–H and O–H groups in total. The Labute approximate surface area is 75.9 Å². The zero-order valence-electron chi connectivity index (χ0n) is 6.36. The van der Waals surface area contributed by atoms with Crippen molar-refractivity contribution < 1.29 is 9.53 Å². The van der Waals surface area contributed by atoms with Crippen LogP contribution in [-0.2, 0) is 4.74 Å². The first-order chi connectivity index (χ1) is 5.74. The maximum Gasteiger partial charge on any atom is 0.338 e. The van der Waals surface area contributed by atoms with Gasteiger partial charge in [0.1, 0.15) is 5.94 Å². The fourth-order valence-corrected chi connectivity index (χ4v) is 0.878. The first-order valence-corrected chi connectivity index (χ1v) is 4.01. The highest BCUT2D eigenvalue weighted by Gasteiger charge is 2.04. The van der Waals surface area contributed by atoms with Gasteiger partial charge in [-0.1, -0.05) is 0 Å². The van der Waals surface area contributed by atoms with Gasteiger partial charge in [0.15, 0.2) is 0 Å². The molecule has 0 amide bonds. The lowest BCUT2D eigenvalue weighted by Gasteiger charge is -2.00. The highest BCUT2D eigenvalue weighted by molar-refractivity contribution is 7.80. The first-order valence-electron chi connectivity index (χ1n) is 3.37. The number of ether oxygens (including phenoxy) is 1. The van der Waals surface area contributed by atoms with Gasteiger partial charge in [0.2, 0.25) is 0 Å². The summed E-state index contributed by atoms with van der Waals surface area (Å²) in [6, 6.07) is 6.52. The number of nitrogens with two attached hydrogens (primary N) is 1. The molecule has 0 aliphatic carbocycles. The number of hydrogen-bond donors (Lipinski definition) is 2. The van der Waals surface area contributed by atoms with Crippen molar-refractivity contribution in [1.29, 1.82) is 0 Å². The van der Waals surface area contributed by atoms with Gasteiger partial charge in [-0.3, -0.25) is 0 Å². The lowest BCUT2D eigenvalue weighted by Crippen LogP contribution is -2.03. The van der Waals surface area contributed by atoms with Gasteiger partial charge in [0, 0.05) is 5.69 Å². The topological polar surface area (TPSA) is 52.3 Å². The minimum atomic E-state index is -0.384. The Morgan fingerprint density at radius 3 is 2.50 bits per heavy atom. The van der Waals surface area contributed by atoms with Crippen LogP contribution in [0.4, 0.5) is 5.69 Å². The molecule has 0 saturated carbocycles. The zero-order valence-corrected chi connectivity index (χ0v) is 7.25. The van der Waals surface area contributed by atoms with Crippen molar-refractivity contribution in [2.75, 3.05) is 11.7 Å². The maximum absolute atomic E-state index is 11.0. The normalized spacial score (nSPS) is 9.42. The summed E-state index contributed by atoms with van der Waals surface area (Å²) in [5.74, 6) is -0.298. The number of anilines is 1. The average Bonchev–Trinajstić information content (AvgIpc) is 2.06. The summed E-state index contributed by atoms with van der Waals surface area (Å²) in [5, 5.41) is 0. The minimum absolute atomic E-state index is 0.0865. The molecule has 0 aliphatic rings. The summed E-state index contributed by atoms with van der Waals surface area (Å²) in [5.41, 5.74) is 6.54. The number of hydrogen-bond acceptors (Lipinski definition) is 4. The maximum atomic E-state index is 11.0. The van der Waals surface area contributed by atoms with Crippen molar-refractivity contribution in [3.63, 3.8) is 0 Å². The van der Waals surface area contributed by atoms with Gasteiger partial charge >= 0.3 is 5.97 Å². The average molecular weight is 183 g/mol. The van der Waals surface area contributed by atoms with Gasteiger partial charge in [0.05, 0.1) is 5.56 Å². The van der Waals surface area contributed by atoms with E-state index in [9.17, 15) is 4.79 Å². The van der Waals surface area contributed by atoms with Crippen molar-refractivity contribution in [1.82, 2.24) is 0 Å². The number of carbonyl (C=O) groups excluding carboxylic acids is 1. The van der Waals surface area contributed by atoms with Gasteiger partial charge < -0.3 is 10.5 Å². The molecular formula is C8H9NO2S. The smallest absolute Gasteiger partial charge is 0.338 e.